The number of nitrogens with zero attached hydrogens (tertiary/aromatic N) is 4. The zero-order chi connectivity index (χ0) is 17.8. The molecule has 1 atom stereocenters. The summed E-state index contributed by atoms with van der Waals surface area (Å²) in [6, 6.07) is 1.92. The summed E-state index contributed by atoms with van der Waals surface area (Å²) in [5.74, 6) is 1.85. The van der Waals surface area contributed by atoms with Crippen molar-refractivity contribution in [1.82, 2.24) is 19.9 Å². The maximum atomic E-state index is 12.4. The first-order valence-corrected chi connectivity index (χ1v) is 9.88. The highest BCUT2D eigenvalue weighted by molar-refractivity contribution is 7.13. The summed E-state index contributed by atoms with van der Waals surface area (Å²) in [7, 11) is 0. The van der Waals surface area contributed by atoms with Crippen molar-refractivity contribution in [3.05, 3.63) is 28.7 Å². The summed E-state index contributed by atoms with van der Waals surface area (Å²) < 4.78 is 0. The summed E-state index contributed by atoms with van der Waals surface area (Å²) in [4.78, 5) is 27.8. The van der Waals surface area contributed by atoms with E-state index in [2.05, 4.69) is 20.3 Å². The van der Waals surface area contributed by atoms with Crippen LogP contribution in [0.2, 0.25) is 0 Å². The van der Waals surface area contributed by atoms with Gasteiger partial charge in [0.15, 0.2) is 5.13 Å². The lowest BCUT2D eigenvalue weighted by molar-refractivity contribution is -0.134. The molecular formula is C17H22ClN5OS. The molecule has 2 aromatic heterocycles. The molecule has 6 nitrogen and oxygen atoms in total. The van der Waals surface area contributed by atoms with E-state index in [1.807, 2.05) is 30.2 Å². The number of rotatable bonds is 5. The van der Waals surface area contributed by atoms with Crippen molar-refractivity contribution in [3.63, 3.8) is 0 Å². The number of carbonyl (C=O) groups excluding carboxylic acids is 1. The summed E-state index contributed by atoms with van der Waals surface area (Å²) in [6.45, 7) is 4.59. The number of hydrogen-bond acceptors (Lipinski definition) is 6. The lowest BCUT2D eigenvalue weighted by Crippen LogP contribution is -2.39. The van der Waals surface area contributed by atoms with Gasteiger partial charge in [0.05, 0.1) is 17.4 Å². The lowest BCUT2D eigenvalue weighted by atomic mass is 9.98. The van der Waals surface area contributed by atoms with Crippen LogP contribution in [-0.2, 0) is 4.79 Å². The Hall–Kier alpha value is -1.73. The number of piperidine rings is 1. The smallest absolute Gasteiger partial charge is 0.224 e. The third-order valence-electron chi connectivity index (χ3n) is 4.18. The van der Waals surface area contributed by atoms with Crippen LogP contribution in [0.3, 0.4) is 0 Å². The topological polar surface area (TPSA) is 71.0 Å². The van der Waals surface area contributed by atoms with Crippen LogP contribution in [0.25, 0.3) is 0 Å². The van der Waals surface area contributed by atoms with Gasteiger partial charge in [-0.05, 0) is 33.1 Å². The first kappa shape index (κ1) is 18.1. The SMILES string of the molecule is Cc1csc(Nc2cc(C3CCCCN3C(=O)CCCl)nc(C)n2)n1. The van der Waals surface area contributed by atoms with Gasteiger partial charge in [-0.25, -0.2) is 15.0 Å². The molecule has 0 aromatic carbocycles. The highest BCUT2D eigenvalue weighted by Gasteiger charge is 2.29. The van der Waals surface area contributed by atoms with Gasteiger partial charge in [0.25, 0.3) is 0 Å². The Morgan fingerprint density at radius 3 is 2.92 bits per heavy atom. The molecule has 25 heavy (non-hydrogen) atoms. The van der Waals surface area contributed by atoms with Crippen molar-refractivity contribution in [2.75, 3.05) is 17.7 Å². The van der Waals surface area contributed by atoms with Crippen molar-refractivity contribution in [2.24, 2.45) is 0 Å². The van der Waals surface area contributed by atoms with Gasteiger partial charge in [0.2, 0.25) is 5.91 Å². The van der Waals surface area contributed by atoms with Gasteiger partial charge >= 0.3 is 0 Å². The van der Waals surface area contributed by atoms with Crippen LogP contribution in [0.15, 0.2) is 11.4 Å². The quantitative estimate of drug-likeness (QED) is 0.795. The number of anilines is 2. The summed E-state index contributed by atoms with van der Waals surface area (Å²) >= 11 is 7.31. The normalized spacial score (nSPS) is 17.6. The Bertz CT molecular complexity index is 750. The number of halogens is 1. The predicted molar refractivity (Wildman–Crippen MR) is 101 cm³/mol. The molecule has 0 spiro atoms. The van der Waals surface area contributed by atoms with E-state index in [1.165, 1.54) is 0 Å². The molecule has 1 aliphatic rings. The van der Waals surface area contributed by atoms with E-state index in [9.17, 15) is 4.79 Å². The van der Waals surface area contributed by atoms with Crippen molar-refractivity contribution >= 4 is 39.8 Å². The van der Waals surface area contributed by atoms with Crippen molar-refractivity contribution < 1.29 is 4.79 Å². The minimum atomic E-state index is -0.00949. The molecule has 2 aromatic rings. The lowest BCUT2D eigenvalue weighted by Gasteiger charge is -2.35. The van der Waals surface area contributed by atoms with Gasteiger partial charge in [-0.15, -0.1) is 22.9 Å². The average Bonchev–Trinajstić information content (AvgIpc) is 2.99. The second-order valence-corrected chi connectivity index (χ2v) is 7.42. The Morgan fingerprint density at radius 2 is 2.20 bits per heavy atom. The maximum absolute atomic E-state index is 12.4. The van der Waals surface area contributed by atoms with E-state index >= 15 is 0 Å². The van der Waals surface area contributed by atoms with E-state index in [0.29, 0.717) is 23.9 Å². The minimum Gasteiger partial charge on any atom is -0.334 e. The second-order valence-electron chi connectivity index (χ2n) is 6.18. The van der Waals surface area contributed by atoms with E-state index in [4.69, 9.17) is 11.6 Å². The molecule has 1 amide bonds. The Kier molecular flexibility index (Phi) is 5.86. The fraction of sp³-hybridized carbons (Fsp3) is 0.529. The molecule has 3 heterocycles. The van der Waals surface area contributed by atoms with E-state index < -0.39 is 0 Å². The van der Waals surface area contributed by atoms with Crippen LogP contribution in [-0.4, -0.2) is 38.2 Å². The molecule has 8 heteroatoms. The van der Waals surface area contributed by atoms with Crippen LogP contribution in [0, 0.1) is 13.8 Å². The number of amides is 1. The average molecular weight is 380 g/mol. The number of nitrogens with one attached hydrogen (secondary N) is 1. The first-order valence-electron chi connectivity index (χ1n) is 8.47. The highest BCUT2D eigenvalue weighted by Crippen LogP contribution is 2.32. The van der Waals surface area contributed by atoms with Crippen LogP contribution < -0.4 is 5.32 Å². The maximum Gasteiger partial charge on any atom is 0.224 e. The molecule has 1 saturated heterocycles. The van der Waals surface area contributed by atoms with Crippen molar-refractivity contribution in [3.8, 4) is 0 Å². The summed E-state index contributed by atoms with van der Waals surface area (Å²) in [6.07, 6.45) is 3.40. The highest BCUT2D eigenvalue weighted by atomic mass is 35.5. The molecule has 1 fully saturated rings. The van der Waals surface area contributed by atoms with Gasteiger partial charge in [0, 0.05) is 30.3 Å². The fourth-order valence-corrected chi connectivity index (χ4v) is 3.97. The number of carbonyl (C=O) groups is 1. The summed E-state index contributed by atoms with van der Waals surface area (Å²) in [5.41, 5.74) is 1.86. The minimum absolute atomic E-state index is 0.00949. The van der Waals surface area contributed by atoms with E-state index in [1.54, 1.807) is 11.3 Å². The third-order valence-corrected chi connectivity index (χ3v) is 5.25. The molecule has 3 rings (SSSR count). The molecule has 0 saturated carbocycles. The zero-order valence-electron chi connectivity index (χ0n) is 14.5. The van der Waals surface area contributed by atoms with Gasteiger partial charge in [-0.3, -0.25) is 4.79 Å². The van der Waals surface area contributed by atoms with E-state index in [0.717, 1.165) is 42.3 Å². The predicted octanol–water partition coefficient (Wildman–Crippen LogP) is 3.98. The van der Waals surface area contributed by atoms with Crippen molar-refractivity contribution in [2.45, 2.75) is 45.6 Å². The molecule has 0 radical (unpaired) electrons. The number of likely N-dealkylation sites (tertiary alicyclic amines) is 1. The molecule has 134 valence electrons. The second kappa shape index (κ2) is 8.10. The first-order chi connectivity index (χ1) is 12.1. The van der Waals surface area contributed by atoms with Crippen LogP contribution >= 0.6 is 22.9 Å². The van der Waals surface area contributed by atoms with Gasteiger partial charge < -0.3 is 10.2 Å². The molecule has 1 N–H and O–H groups in total. The Balaban J connectivity index is 1.85. The van der Waals surface area contributed by atoms with E-state index in [-0.39, 0.29) is 11.9 Å². The van der Waals surface area contributed by atoms with Crippen LogP contribution in [0.1, 0.15) is 48.9 Å². The van der Waals surface area contributed by atoms with Gasteiger partial charge in [0.1, 0.15) is 11.6 Å². The van der Waals surface area contributed by atoms with Gasteiger partial charge in [-0.2, -0.15) is 0 Å². The monoisotopic (exact) mass is 379 g/mol. The van der Waals surface area contributed by atoms with Crippen molar-refractivity contribution in [1.29, 1.82) is 0 Å². The number of hydrogen-bond donors (Lipinski definition) is 1. The number of aromatic nitrogens is 3. The summed E-state index contributed by atoms with van der Waals surface area (Å²) in [5, 5.41) is 6.04. The Labute approximate surface area is 156 Å². The standard InChI is InChI=1S/C17H22ClN5OS/c1-11-10-25-17(19-11)22-15-9-13(20-12(2)21-15)14-5-3-4-8-23(14)16(24)6-7-18/h9-10,14H,3-8H2,1-2H3,(H,19,20,21,22). The zero-order valence-corrected chi connectivity index (χ0v) is 16.0. The van der Waals surface area contributed by atoms with Crippen LogP contribution in [0.4, 0.5) is 10.9 Å². The fourth-order valence-electron chi connectivity index (χ4n) is 3.11. The third kappa shape index (κ3) is 4.46. The molecule has 0 aliphatic carbocycles. The number of thiazole rings is 1. The molecule has 1 aliphatic heterocycles. The molecule has 1 unspecified atom stereocenters. The van der Waals surface area contributed by atoms with Gasteiger partial charge in [-0.1, -0.05) is 0 Å². The number of aryl methyl sites for hydroxylation is 2. The largest absolute Gasteiger partial charge is 0.334 e. The number of alkyl halides is 1. The Morgan fingerprint density at radius 1 is 1.36 bits per heavy atom. The molecule has 0 bridgehead atoms. The van der Waals surface area contributed by atoms with Crippen LogP contribution in [0.5, 0.6) is 0 Å². The molecular weight excluding hydrogens is 358 g/mol.